The van der Waals surface area contributed by atoms with Crippen molar-refractivity contribution >= 4 is 22.6 Å². The van der Waals surface area contributed by atoms with Gasteiger partial charge in [0.25, 0.3) is 0 Å². The molecule has 6 nitrogen and oxygen atoms in total. The third kappa shape index (κ3) is 4.10. The first kappa shape index (κ1) is 13.6. The van der Waals surface area contributed by atoms with E-state index >= 15 is 0 Å². The average Bonchev–Trinajstić information content (AvgIpc) is 2.29. The van der Waals surface area contributed by atoms with Crippen LogP contribution in [0.4, 0.5) is 5.82 Å². The number of hydrogen-bond donors (Lipinski definition) is 2. The summed E-state index contributed by atoms with van der Waals surface area (Å²) in [4.78, 5) is 18.5. The van der Waals surface area contributed by atoms with Crippen molar-refractivity contribution in [3.05, 3.63) is 18.1 Å². The van der Waals surface area contributed by atoms with Crippen molar-refractivity contribution in [1.82, 2.24) is 9.97 Å². The molecule has 0 aliphatic carbocycles. The summed E-state index contributed by atoms with van der Waals surface area (Å²) in [6, 6.07) is 0. The summed E-state index contributed by atoms with van der Waals surface area (Å²) < 4.78 is 11.1. The molecule has 0 aliphatic rings. The summed E-state index contributed by atoms with van der Waals surface area (Å²) in [5, 5.41) is 11.8. The van der Waals surface area contributed by atoms with E-state index in [1.54, 1.807) is 6.26 Å². The van der Waals surface area contributed by atoms with Gasteiger partial charge in [-0.05, 0) is 6.42 Å². The molecule has 7 heteroatoms. The maximum absolute atomic E-state index is 11.1. The molecular weight excluding hydrogens is 242 g/mol. The lowest BCUT2D eigenvalue weighted by molar-refractivity contribution is 0.0691. The molecule has 1 aromatic rings. The molecule has 2 unspecified atom stereocenters. The normalized spacial score (nSPS) is 14.0. The first-order valence-corrected chi connectivity index (χ1v) is 6.75. The van der Waals surface area contributed by atoms with Crippen LogP contribution in [-0.2, 0) is 10.8 Å². The lowest BCUT2D eigenvalue weighted by Crippen LogP contribution is -2.17. The molecule has 1 rings (SSSR count). The van der Waals surface area contributed by atoms with Gasteiger partial charge in [-0.25, -0.2) is 14.8 Å². The molecule has 17 heavy (non-hydrogen) atoms. The van der Waals surface area contributed by atoms with E-state index in [4.69, 9.17) is 5.11 Å². The van der Waals surface area contributed by atoms with Gasteiger partial charge < -0.3 is 10.4 Å². The molecule has 0 spiro atoms. The second kappa shape index (κ2) is 6.29. The van der Waals surface area contributed by atoms with Crippen LogP contribution < -0.4 is 5.32 Å². The molecule has 0 aromatic carbocycles. The van der Waals surface area contributed by atoms with Gasteiger partial charge in [-0.15, -0.1) is 0 Å². The SMILES string of the molecule is CC(CCNc1nccnc1C(=O)O)S(C)=O. The highest BCUT2D eigenvalue weighted by Crippen LogP contribution is 2.08. The maximum atomic E-state index is 11.1. The molecule has 0 saturated carbocycles. The summed E-state index contributed by atoms with van der Waals surface area (Å²) in [7, 11) is -0.875. The van der Waals surface area contributed by atoms with Crippen LogP contribution in [0.25, 0.3) is 0 Å². The van der Waals surface area contributed by atoms with Crippen molar-refractivity contribution in [3.8, 4) is 0 Å². The molecule has 0 saturated heterocycles. The fourth-order valence-corrected chi connectivity index (χ4v) is 1.63. The minimum Gasteiger partial charge on any atom is -0.476 e. The summed E-state index contributed by atoms with van der Waals surface area (Å²) in [6.45, 7) is 2.40. The van der Waals surface area contributed by atoms with Gasteiger partial charge in [-0.3, -0.25) is 4.21 Å². The predicted octanol–water partition coefficient (Wildman–Crippen LogP) is 0.744. The molecule has 0 amide bonds. The Morgan fingerprint density at radius 2 is 2.18 bits per heavy atom. The summed E-state index contributed by atoms with van der Waals surface area (Å²) in [5.74, 6) is -0.873. The Balaban J connectivity index is 2.58. The Kier molecular flexibility index (Phi) is 5.02. The van der Waals surface area contributed by atoms with Gasteiger partial charge in [0.2, 0.25) is 0 Å². The number of carbonyl (C=O) groups is 1. The Hall–Kier alpha value is -1.50. The maximum Gasteiger partial charge on any atom is 0.358 e. The standard InChI is InChI=1S/C10H15N3O3S/c1-7(17(2)16)3-4-12-9-8(10(14)15)11-5-6-13-9/h5-7H,3-4H2,1-2H3,(H,12,13)(H,14,15). The fraction of sp³-hybridized carbons (Fsp3) is 0.500. The van der Waals surface area contributed by atoms with Crippen LogP contribution in [0, 0.1) is 0 Å². The topological polar surface area (TPSA) is 92.2 Å². The number of aromatic carboxylic acids is 1. The highest BCUT2D eigenvalue weighted by molar-refractivity contribution is 7.84. The van der Waals surface area contributed by atoms with Crippen molar-refractivity contribution in [1.29, 1.82) is 0 Å². The van der Waals surface area contributed by atoms with Gasteiger partial charge in [0, 0.05) is 41.2 Å². The zero-order valence-corrected chi connectivity index (χ0v) is 10.5. The van der Waals surface area contributed by atoms with Gasteiger partial charge in [-0.1, -0.05) is 6.92 Å². The molecule has 2 atom stereocenters. The van der Waals surface area contributed by atoms with Gasteiger partial charge in [0.1, 0.15) is 0 Å². The van der Waals surface area contributed by atoms with Crippen LogP contribution in [-0.4, -0.2) is 43.3 Å². The van der Waals surface area contributed by atoms with E-state index in [1.165, 1.54) is 12.4 Å². The van der Waals surface area contributed by atoms with E-state index < -0.39 is 16.8 Å². The predicted molar refractivity (Wildman–Crippen MR) is 65.6 cm³/mol. The van der Waals surface area contributed by atoms with Crippen LogP contribution in [0.15, 0.2) is 12.4 Å². The number of nitrogens with one attached hydrogen (secondary N) is 1. The lowest BCUT2D eigenvalue weighted by Gasteiger charge is -2.10. The van der Waals surface area contributed by atoms with Gasteiger partial charge in [0.15, 0.2) is 11.5 Å². The van der Waals surface area contributed by atoms with Gasteiger partial charge >= 0.3 is 5.97 Å². The number of carboxylic acids is 1. The Morgan fingerprint density at radius 3 is 2.76 bits per heavy atom. The Labute approximate surface area is 102 Å². The zero-order chi connectivity index (χ0) is 12.8. The van der Waals surface area contributed by atoms with Crippen LogP contribution in [0.5, 0.6) is 0 Å². The summed E-state index contributed by atoms with van der Waals surface area (Å²) >= 11 is 0. The van der Waals surface area contributed by atoms with E-state index in [-0.39, 0.29) is 16.8 Å². The minimum absolute atomic E-state index is 0.0625. The molecule has 0 bridgehead atoms. The fourth-order valence-electron chi connectivity index (χ4n) is 1.18. The molecule has 94 valence electrons. The Bertz CT molecular complexity index is 425. The van der Waals surface area contributed by atoms with Gasteiger partial charge in [-0.2, -0.15) is 0 Å². The number of hydrogen-bond acceptors (Lipinski definition) is 5. The number of nitrogens with zero attached hydrogens (tertiary/aromatic N) is 2. The third-order valence-corrected chi connectivity index (χ3v) is 3.68. The van der Waals surface area contributed by atoms with Crippen molar-refractivity contribution in [2.45, 2.75) is 18.6 Å². The van der Waals surface area contributed by atoms with Crippen molar-refractivity contribution < 1.29 is 14.1 Å². The second-order valence-electron chi connectivity index (χ2n) is 3.58. The average molecular weight is 257 g/mol. The summed E-state index contributed by atoms with van der Waals surface area (Å²) in [5.41, 5.74) is -0.0993. The quantitative estimate of drug-likeness (QED) is 0.781. The molecule has 0 aliphatic heterocycles. The van der Waals surface area contributed by atoms with Gasteiger partial charge in [0.05, 0.1) is 0 Å². The van der Waals surface area contributed by atoms with Crippen LogP contribution in [0.3, 0.4) is 0 Å². The smallest absolute Gasteiger partial charge is 0.358 e. The van der Waals surface area contributed by atoms with Crippen molar-refractivity contribution in [2.24, 2.45) is 0 Å². The zero-order valence-electron chi connectivity index (χ0n) is 9.71. The first-order valence-electron chi connectivity index (χ1n) is 5.12. The van der Waals surface area contributed by atoms with Crippen molar-refractivity contribution in [2.75, 3.05) is 18.1 Å². The molecular formula is C10H15N3O3S. The molecule has 0 radical (unpaired) electrons. The largest absolute Gasteiger partial charge is 0.476 e. The number of rotatable bonds is 6. The second-order valence-corrected chi connectivity index (χ2v) is 5.39. The monoisotopic (exact) mass is 257 g/mol. The lowest BCUT2D eigenvalue weighted by atomic mass is 10.3. The van der Waals surface area contributed by atoms with E-state index in [0.29, 0.717) is 13.0 Å². The Morgan fingerprint density at radius 1 is 1.53 bits per heavy atom. The van der Waals surface area contributed by atoms with Crippen LogP contribution in [0.2, 0.25) is 0 Å². The number of aromatic nitrogens is 2. The van der Waals surface area contributed by atoms with E-state index in [9.17, 15) is 9.00 Å². The summed E-state index contributed by atoms with van der Waals surface area (Å²) in [6.07, 6.45) is 5.09. The van der Waals surface area contributed by atoms with E-state index in [0.717, 1.165) is 0 Å². The number of carboxylic acid groups (broad SMARTS) is 1. The van der Waals surface area contributed by atoms with Crippen LogP contribution >= 0.6 is 0 Å². The first-order chi connectivity index (χ1) is 8.02. The number of anilines is 1. The van der Waals surface area contributed by atoms with Crippen LogP contribution in [0.1, 0.15) is 23.8 Å². The minimum atomic E-state index is -1.12. The molecule has 1 aromatic heterocycles. The highest BCUT2D eigenvalue weighted by Gasteiger charge is 2.12. The van der Waals surface area contributed by atoms with E-state index in [1.807, 2.05) is 6.92 Å². The molecule has 2 N–H and O–H groups in total. The third-order valence-electron chi connectivity index (χ3n) is 2.31. The van der Waals surface area contributed by atoms with Crippen molar-refractivity contribution in [3.63, 3.8) is 0 Å². The molecule has 0 fully saturated rings. The molecule has 1 heterocycles. The van der Waals surface area contributed by atoms with E-state index in [2.05, 4.69) is 15.3 Å². The highest BCUT2D eigenvalue weighted by atomic mass is 32.2.